The van der Waals surface area contributed by atoms with Crippen molar-refractivity contribution in [1.29, 1.82) is 0 Å². The number of nitrogens with zero attached hydrogens (tertiary/aromatic N) is 1. The summed E-state index contributed by atoms with van der Waals surface area (Å²) in [6, 6.07) is 0. The van der Waals surface area contributed by atoms with E-state index in [0.29, 0.717) is 12.8 Å². The summed E-state index contributed by atoms with van der Waals surface area (Å²) in [4.78, 5) is 38.4. The Morgan fingerprint density at radius 1 is 0.650 bits per heavy atom. The van der Waals surface area contributed by atoms with Crippen LogP contribution in [0.2, 0.25) is 0 Å². The van der Waals surface area contributed by atoms with Gasteiger partial charge in [-0.2, -0.15) is 0 Å². The minimum absolute atomic E-state index is 0.0178. The second kappa shape index (κ2) is 28.8. The van der Waals surface area contributed by atoms with Crippen molar-refractivity contribution in [3.8, 4) is 0 Å². The molecule has 0 saturated carbocycles. The Kier molecular flexibility index (Phi) is 27.6. The van der Waals surface area contributed by atoms with Crippen LogP contribution in [0.15, 0.2) is 12.2 Å². The Balaban J connectivity index is 4.09. The van der Waals surface area contributed by atoms with E-state index in [2.05, 4.69) is 18.7 Å². The predicted molar refractivity (Wildman–Crippen MR) is 166 cm³/mol. The van der Waals surface area contributed by atoms with Gasteiger partial charge in [-0.1, -0.05) is 103 Å². The molecular weight excluding hydrogens is 502 g/mol. The molecule has 0 aromatic heterocycles. The molecule has 0 heterocycles. The molecule has 0 aliphatic heterocycles. The van der Waals surface area contributed by atoms with Crippen molar-refractivity contribution in [2.45, 2.75) is 161 Å². The van der Waals surface area contributed by atoms with Crippen molar-refractivity contribution in [3.63, 3.8) is 0 Å². The van der Waals surface area contributed by atoms with Crippen LogP contribution < -0.4 is 0 Å². The van der Waals surface area contributed by atoms with E-state index in [1.54, 1.807) is 0 Å². The minimum Gasteiger partial charge on any atom is -0.462 e. The molecule has 0 bridgehead atoms. The highest BCUT2D eigenvalue weighted by molar-refractivity contribution is 6.33. The third kappa shape index (κ3) is 26.5. The number of ether oxygens (including phenoxy) is 2. The van der Waals surface area contributed by atoms with E-state index in [4.69, 9.17) is 9.47 Å². The van der Waals surface area contributed by atoms with Gasteiger partial charge in [0.15, 0.2) is 0 Å². The molecule has 0 aliphatic rings. The maximum atomic E-state index is 12.4. The number of unbranched alkanes of at least 4 members (excludes halogenated alkanes) is 14. The number of allylic oxidation sites excluding steroid dienone is 1. The summed E-state index contributed by atoms with van der Waals surface area (Å²) in [7, 11) is 4.04. The maximum Gasteiger partial charge on any atom is 0.374 e. The van der Waals surface area contributed by atoms with E-state index in [9.17, 15) is 14.4 Å². The Labute approximate surface area is 247 Å². The number of ketones is 1. The van der Waals surface area contributed by atoms with Gasteiger partial charge in [-0.05, 0) is 72.0 Å². The fourth-order valence-electron chi connectivity index (χ4n) is 4.74. The van der Waals surface area contributed by atoms with E-state index >= 15 is 0 Å². The van der Waals surface area contributed by atoms with E-state index in [1.807, 2.05) is 26.2 Å². The maximum absolute atomic E-state index is 12.4. The second-order valence-electron chi connectivity index (χ2n) is 11.6. The lowest BCUT2D eigenvalue weighted by molar-refractivity contribution is -0.153. The molecule has 0 spiro atoms. The standard InChI is InChI=1S/C34H63NO5/c1-5-7-9-11-13-16-20-25-31(40-33(37)28-24-29-35(3)4)26-21-17-15-18-22-27-32(36)34(38)39-30-23-19-14-12-10-8-6-2/h19,23,31H,5-18,20-22,24-30H2,1-4H3/b23-19-. The fourth-order valence-corrected chi connectivity index (χ4v) is 4.74. The molecule has 234 valence electrons. The highest BCUT2D eigenvalue weighted by Gasteiger charge is 2.15. The molecule has 0 saturated heterocycles. The number of rotatable bonds is 29. The van der Waals surface area contributed by atoms with Gasteiger partial charge in [0, 0.05) is 12.8 Å². The van der Waals surface area contributed by atoms with Crippen LogP contribution in [0.5, 0.6) is 0 Å². The molecule has 40 heavy (non-hydrogen) atoms. The SMILES string of the molecule is CCCCCC/C=C\COC(=O)C(=O)CCCCCCCC(CCCCCCCCC)OC(=O)CCCN(C)C. The van der Waals surface area contributed by atoms with Crippen LogP contribution in [-0.4, -0.2) is 56.0 Å². The summed E-state index contributed by atoms with van der Waals surface area (Å²) < 4.78 is 10.9. The van der Waals surface area contributed by atoms with Crippen molar-refractivity contribution < 1.29 is 23.9 Å². The molecule has 0 radical (unpaired) electrons. The molecule has 0 fully saturated rings. The Bertz CT molecular complexity index is 646. The average Bonchev–Trinajstić information content (AvgIpc) is 2.92. The van der Waals surface area contributed by atoms with Crippen molar-refractivity contribution in [1.82, 2.24) is 4.90 Å². The lowest BCUT2D eigenvalue weighted by Crippen LogP contribution is -2.20. The highest BCUT2D eigenvalue weighted by Crippen LogP contribution is 2.18. The molecular formula is C34H63NO5. The Morgan fingerprint density at radius 2 is 1.20 bits per heavy atom. The number of carbonyl (C=O) groups excluding carboxylic acids is 3. The normalized spacial score (nSPS) is 12.2. The highest BCUT2D eigenvalue weighted by atomic mass is 16.5. The van der Waals surface area contributed by atoms with Gasteiger partial charge in [-0.25, -0.2) is 4.79 Å². The largest absolute Gasteiger partial charge is 0.462 e. The van der Waals surface area contributed by atoms with E-state index < -0.39 is 11.8 Å². The fraction of sp³-hybridized carbons (Fsp3) is 0.853. The second-order valence-corrected chi connectivity index (χ2v) is 11.6. The van der Waals surface area contributed by atoms with Crippen LogP contribution in [0.1, 0.15) is 155 Å². The molecule has 0 amide bonds. The molecule has 6 heteroatoms. The number of esters is 2. The molecule has 0 aliphatic carbocycles. The van der Waals surface area contributed by atoms with Gasteiger partial charge in [0.25, 0.3) is 0 Å². The number of Topliss-reactive ketones (excluding diaryl/α,β-unsaturated/α-hetero) is 1. The van der Waals surface area contributed by atoms with Gasteiger partial charge >= 0.3 is 11.9 Å². The van der Waals surface area contributed by atoms with E-state index in [1.165, 1.54) is 57.8 Å². The predicted octanol–water partition coefficient (Wildman–Crippen LogP) is 8.75. The zero-order valence-electron chi connectivity index (χ0n) is 26.7. The Morgan fingerprint density at radius 3 is 1.80 bits per heavy atom. The quantitative estimate of drug-likeness (QED) is 0.0391. The van der Waals surface area contributed by atoms with Crippen molar-refractivity contribution >= 4 is 17.7 Å². The molecule has 0 rings (SSSR count). The smallest absolute Gasteiger partial charge is 0.374 e. The lowest BCUT2D eigenvalue weighted by atomic mass is 10.0. The van der Waals surface area contributed by atoms with E-state index in [-0.39, 0.29) is 25.1 Å². The Hall–Kier alpha value is -1.69. The van der Waals surface area contributed by atoms with E-state index in [0.717, 1.165) is 70.8 Å². The molecule has 0 aromatic carbocycles. The first-order valence-electron chi connectivity index (χ1n) is 16.6. The number of hydrogen-bond donors (Lipinski definition) is 0. The van der Waals surface area contributed by atoms with Crippen LogP contribution in [0.3, 0.4) is 0 Å². The average molecular weight is 566 g/mol. The van der Waals surface area contributed by atoms with Crippen LogP contribution in [0, 0.1) is 0 Å². The van der Waals surface area contributed by atoms with Crippen LogP contribution in [-0.2, 0) is 23.9 Å². The van der Waals surface area contributed by atoms with Gasteiger partial charge in [0.1, 0.15) is 12.7 Å². The van der Waals surface area contributed by atoms with Crippen molar-refractivity contribution in [2.24, 2.45) is 0 Å². The third-order valence-corrected chi connectivity index (χ3v) is 7.27. The first-order valence-corrected chi connectivity index (χ1v) is 16.6. The molecule has 0 N–H and O–H groups in total. The summed E-state index contributed by atoms with van der Waals surface area (Å²) >= 11 is 0. The van der Waals surface area contributed by atoms with Crippen molar-refractivity contribution in [2.75, 3.05) is 27.2 Å². The molecule has 6 nitrogen and oxygen atoms in total. The van der Waals surface area contributed by atoms with Crippen molar-refractivity contribution in [3.05, 3.63) is 12.2 Å². The number of carbonyl (C=O) groups is 3. The minimum atomic E-state index is -0.712. The first-order chi connectivity index (χ1) is 19.4. The number of hydrogen-bond acceptors (Lipinski definition) is 6. The monoisotopic (exact) mass is 565 g/mol. The topological polar surface area (TPSA) is 72.9 Å². The zero-order chi connectivity index (χ0) is 29.7. The van der Waals surface area contributed by atoms with Gasteiger partial charge < -0.3 is 14.4 Å². The first kappa shape index (κ1) is 38.3. The van der Waals surface area contributed by atoms with Crippen LogP contribution in [0.4, 0.5) is 0 Å². The molecule has 0 aromatic rings. The zero-order valence-corrected chi connectivity index (χ0v) is 26.7. The summed E-state index contributed by atoms with van der Waals surface area (Å²) in [5.41, 5.74) is 0. The van der Waals surface area contributed by atoms with Gasteiger partial charge in [0.05, 0.1) is 0 Å². The lowest BCUT2D eigenvalue weighted by Gasteiger charge is -2.18. The molecule has 1 atom stereocenters. The van der Waals surface area contributed by atoms with Crippen LogP contribution >= 0.6 is 0 Å². The summed E-state index contributed by atoms with van der Waals surface area (Å²) in [5.74, 6) is -1.20. The van der Waals surface area contributed by atoms with Crippen LogP contribution in [0.25, 0.3) is 0 Å². The summed E-state index contributed by atoms with van der Waals surface area (Å²) in [6.07, 6.45) is 26.7. The summed E-state index contributed by atoms with van der Waals surface area (Å²) in [6.45, 7) is 5.51. The summed E-state index contributed by atoms with van der Waals surface area (Å²) in [5, 5.41) is 0. The van der Waals surface area contributed by atoms with Gasteiger partial charge in [0.2, 0.25) is 5.78 Å². The van der Waals surface area contributed by atoms with Gasteiger partial charge in [-0.15, -0.1) is 0 Å². The third-order valence-electron chi connectivity index (χ3n) is 7.27. The molecule has 1 unspecified atom stereocenters. The van der Waals surface area contributed by atoms with Gasteiger partial charge in [-0.3, -0.25) is 9.59 Å².